The Balaban J connectivity index is 1.53. The first-order valence-electron chi connectivity index (χ1n) is 13.4. The Hall–Kier alpha value is -4.73. The van der Waals surface area contributed by atoms with E-state index in [1.807, 2.05) is 0 Å². The van der Waals surface area contributed by atoms with E-state index in [9.17, 15) is 19.3 Å². The molecule has 0 aliphatic carbocycles. The predicted molar refractivity (Wildman–Crippen MR) is 164 cm³/mol. The molecule has 0 radical (unpaired) electrons. The highest BCUT2D eigenvalue weighted by Gasteiger charge is 2.35. The average Bonchev–Trinajstić information content (AvgIpc) is 3.46. The molecule has 12 heteroatoms. The number of phosphoric acid groups is 1. The third kappa shape index (κ3) is 7.57. The minimum absolute atomic E-state index is 0.187. The van der Waals surface area contributed by atoms with Crippen LogP contribution in [0.4, 0.5) is 0 Å². The lowest BCUT2D eigenvalue weighted by molar-refractivity contribution is -0.131. The normalized spacial score (nSPS) is 11.7. The maximum absolute atomic E-state index is 14.1. The van der Waals surface area contributed by atoms with E-state index in [2.05, 4.69) is 29.2 Å². The number of fused-ring (bicyclic) bond motifs is 1. The lowest BCUT2D eigenvalue weighted by Crippen LogP contribution is -2.20. The lowest BCUT2D eigenvalue weighted by atomic mass is 10.1. The predicted octanol–water partition coefficient (Wildman–Crippen LogP) is 6.80. The quantitative estimate of drug-likeness (QED) is 0.119. The molecule has 0 amide bonds. The van der Waals surface area contributed by atoms with Crippen LogP contribution in [0.2, 0.25) is 0 Å². The standard InChI is InChI=1S/C31H28N3O7PS/c1-21(2)26-20-43-28(32-26)15-13-22-17-18-34-27(19-22)33-30(25(31(34)37)14-16-29(35)36)41-42(38,39-23-9-5-3-6-10-23)40-24-11-7-4-8-12-24/h3-12,14,16-21H,13,15H2,1-2H3,(H,35,36). The molecule has 0 aliphatic heterocycles. The first kappa shape index (κ1) is 29.8. The summed E-state index contributed by atoms with van der Waals surface area (Å²) in [7, 11) is -4.53. The summed E-state index contributed by atoms with van der Waals surface area (Å²) in [6.07, 6.45) is 4.71. The van der Waals surface area contributed by atoms with Crippen LogP contribution in [0.15, 0.2) is 95.2 Å². The van der Waals surface area contributed by atoms with Crippen molar-refractivity contribution in [2.75, 3.05) is 0 Å². The Labute approximate surface area is 251 Å². The molecule has 5 aromatic rings. The van der Waals surface area contributed by atoms with Crippen molar-refractivity contribution in [1.29, 1.82) is 0 Å². The van der Waals surface area contributed by atoms with Crippen LogP contribution in [0.1, 0.15) is 41.6 Å². The molecule has 0 saturated carbocycles. The van der Waals surface area contributed by atoms with Crippen molar-refractivity contribution < 1.29 is 28.0 Å². The lowest BCUT2D eigenvalue weighted by Gasteiger charge is -2.20. The molecular weight excluding hydrogens is 589 g/mol. The van der Waals surface area contributed by atoms with Gasteiger partial charge in [0.1, 0.15) is 22.7 Å². The minimum Gasteiger partial charge on any atom is -0.478 e. The number of thiazole rings is 1. The second-order valence-electron chi connectivity index (χ2n) is 9.74. The maximum Gasteiger partial charge on any atom is 0.648 e. The van der Waals surface area contributed by atoms with Crippen LogP contribution in [0.25, 0.3) is 11.7 Å². The minimum atomic E-state index is -4.53. The fourth-order valence-electron chi connectivity index (χ4n) is 4.03. The number of carboxylic acids is 1. The van der Waals surface area contributed by atoms with Gasteiger partial charge in [-0.05, 0) is 60.4 Å². The van der Waals surface area contributed by atoms with E-state index in [4.69, 9.17) is 13.6 Å². The number of benzene rings is 2. The molecule has 10 nitrogen and oxygen atoms in total. The van der Waals surface area contributed by atoms with Crippen molar-refractivity contribution in [2.45, 2.75) is 32.6 Å². The molecule has 0 aliphatic rings. The molecule has 1 N–H and O–H groups in total. The largest absolute Gasteiger partial charge is 0.648 e. The van der Waals surface area contributed by atoms with Crippen LogP contribution in [0, 0.1) is 0 Å². The summed E-state index contributed by atoms with van der Waals surface area (Å²) in [5.41, 5.74) is 1.27. The van der Waals surface area contributed by atoms with E-state index in [1.54, 1.807) is 90.3 Å². The van der Waals surface area contributed by atoms with E-state index >= 15 is 0 Å². The number of para-hydroxylation sites is 2. The third-order valence-corrected chi connectivity index (χ3v) is 8.39. The first-order valence-corrected chi connectivity index (χ1v) is 15.7. The molecule has 220 valence electrons. The second-order valence-corrected chi connectivity index (χ2v) is 12.1. The number of aryl methyl sites for hydroxylation is 2. The fraction of sp³-hybridized carbons (Fsp3) is 0.161. The summed E-state index contributed by atoms with van der Waals surface area (Å²) in [6, 6.07) is 20.0. The summed E-state index contributed by atoms with van der Waals surface area (Å²) in [5.74, 6) is -0.981. The van der Waals surface area contributed by atoms with Crippen molar-refractivity contribution in [3.63, 3.8) is 0 Å². The summed E-state index contributed by atoms with van der Waals surface area (Å²) >= 11 is 1.61. The van der Waals surface area contributed by atoms with Crippen molar-refractivity contribution in [1.82, 2.24) is 14.4 Å². The molecule has 43 heavy (non-hydrogen) atoms. The fourth-order valence-corrected chi connectivity index (χ4v) is 6.22. The molecule has 0 unspecified atom stereocenters. The zero-order valence-electron chi connectivity index (χ0n) is 23.3. The zero-order chi connectivity index (χ0) is 30.4. The van der Waals surface area contributed by atoms with Crippen molar-refractivity contribution in [3.05, 3.63) is 123 Å². The Morgan fingerprint density at radius 2 is 1.63 bits per heavy atom. The van der Waals surface area contributed by atoms with Crippen LogP contribution in [0.5, 0.6) is 17.4 Å². The molecule has 3 heterocycles. The number of hydrogen-bond acceptors (Lipinski definition) is 9. The summed E-state index contributed by atoms with van der Waals surface area (Å²) in [5, 5.41) is 12.3. The number of rotatable bonds is 12. The van der Waals surface area contributed by atoms with Crippen LogP contribution < -0.4 is 19.1 Å². The van der Waals surface area contributed by atoms with Crippen LogP contribution in [-0.4, -0.2) is 25.4 Å². The molecular formula is C31H28N3O7PS. The van der Waals surface area contributed by atoms with Gasteiger partial charge in [-0.2, -0.15) is 9.55 Å². The number of hydrogen-bond donors (Lipinski definition) is 1. The topological polar surface area (TPSA) is 129 Å². The van der Waals surface area contributed by atoms with Gasteiger partial charge in [-0.1, -0.05) is 50.2 Å². The molecule has 0 spiro atoms. The SMILES string of the molecule is CC(C)c1csc(CCc2ccn3c(=O)c(C=CC(=O)O)c(OP(=O)(Oc4ccccc4)Oc4ccccc4)nc3c2)n1. The highest BCUT2D eigenvalue weighted by molar-refractivity contribution is 7.49. The van der Waals surface area contributed by atoms with Crippen molar-refractivity contribution >= 4 is 36.9 Å². The van der Waals surface area contributed by atoms with Crippen molar-refractivity contribution in [3.8, 4) is 17.4 Å². The van der Waals surface area contributed by atoms with Crippen LogP contribution in [0.3, 0.4) is 0 Å². The maximum atomic E-state index is 14.1. The van der Waals surface area contributed by atoms with E-state index in [1.165, 1.54) is 4.40 Å². The second kappa shape index (κ2) is 13.1. The van der Waals surface area contributed by atoms with Gasteiger partial charge in [-0.3, -0.25) is 9.20 Å². The van der Waals surface area contributed by atoms with Gasteiger partial charge >= 0.3 is 13.8 Å². The number of nitrogens with zero attached hydrogens (tertiary/aromatic N) is 3. The third-order valence-electron chi connectivity index (χ3n) is 6.19. The molecule has 0 saturated heterocycles. The summed E-state index contributed by atoms with van der Waals surface area (Å²) < 4.78 is 32.5. The Bertz CT molecular complexity index is 1830. The van der Waals surface area contributed by atoms with Crippen molar-refractivity contribution in [2.24, 2.45) is 0 Å². The average molecular weight is 618 g/mol. The summed E-state index contributed by atoms with van der Waals surface area (Å²) in [6.45, 7) is 4.19. The summed E-state index contributed by atoms with van der Waals surface area (Å²) in [4.78, 5) is 34.0. The van der Waals surface area contributed by atoms with E-state index in [0.29, 0.717) is 18.8 Å². The number of aliphatic carboxylic acids is 1. The molecule has 2 aromatic carbocycles. The Morgan fingerprint density at radius 3 is 2.21 bits per heavy atom. The Kier molecular flexibility index (Phi) is 9.04. The molecule has 0 atom stereocenters. The molecule has 5 rings (SSSR count). The highest BCUT2D eigenvalue weighted by Crippen LogP contribution is 2.49. The Morgan fingerprint density at radius 1 is 0.977 bits per heavy atom. The number of pyridine rings is 1. The van der Waals surface area contributed by atoms with Gasteiger partial charge in [0, 0.05) is 24.1 Å². The zero-order valence-corrected chi connectivity index (χ0v) is 25.0. The van der Waals surface area contributed by atoms with E-state index < -0.39 is 25.2 Å². The van der Waals surface area contributed by atoms with Gasteiger partial charge in [0.2, 0.25) is 5.88 Å². The van der Waals surface area contributed by atoms with Crippen LogP contribution >= 0.6 is 19.2 Å². The molecule has 0 bridgehead atoms. The number of carbonyl (C=O) groups is 1. The molecule has 3 aromatic heterocycles. The first-order chi connectivity index (χ1) is 20.7. The smallest absolute Gasteiger partial charge is 0.478 e. The van der Waals surface area contributed by atoms with Gasteiger partial charge in [0.25, 0.3) is 5.56 Å². The highest BCUT2D eigenvalue weighted by atomic mass is 32.1. The van der Waals surface area contributed by atoms with E-state index in [-0.39, 0.29) is 22.7 Å². The molecule has 0 fully saturated rings. The van der Waals surface area contributed by atoms with Gasteiger partial charge in [-0.25, -0.2) is 9.78 Å². The monoisotopic (exact) mass is 617 g/mol. The number of aromatic nitrogens is 3. The number of carboxylic acid groups (broad SMARTS) is 1. The van der Waals surface area contributed by atoms with Crippen LogP contribution in [-0.2, 0) is 22.2 Å². The van der Waals surface area contributed by atoms with Gasteiger partial charge in [0.15, 0.2) is 0 Å². The van der Waals surface area contributed by atoms with Gasteiger partial charge in [0.05, 0.1) is 10.7 Å². The van der Waals surface area contributed by atoms with Gasteiger partial charge in [-0.15, -0.1) is 11.3 Å². The van der Waals surface area contributed by atoms with E-state index in [0.717, 1.165) is 28.4 Å². The van der Waals surface area contributed by atoms with Gasteiger partial charge < -0.3 is 18.7 Å². The number of phosphoric ester groups is 1.